The molecule has 0 heterocycles. The van der Waals surface area contributed by atoms with E-state index in [0.717, 1.165) is 18.0 Å². The van der Waals surface area contributed by atoms with E-state index < -0.39 is 0 Å². The Bertz CT molecular complexity index is 843. The van der Waals surface area contributed by atoms with Crippen LogP contribution in [0.1, 0.15) is 22.3 Å². The zero-order valence-corrected chi connectivity index (χ0v) is 14.6. The van der Waals surface area contributed by atoms with Gasteiger partial charge in [0.25, 0.3) is 0 Å². The van der Waals surface area contributed by atoms with Crippen LogP contribution in [0.2, 0.25) is 0 Å². The molecule has 0 amide bonds. The van der Waals surface area contributed by atoms with Gasteiger partial charge in [0.2, 0.25) is 0 Å². The first-order valence-electron chi connectivity index (χ1n) is 8.38. The number of aryl methyl sites for hydroxylation is 2. The molecule has 2 nitrogen and oxygen atoms in total. The standard InChI is InChI=1S/C22H22FNO/c1-16-7-8-17(2)22(13-16)24-14-18-9-11-20(12-10-18)25-15-19-5-3-4-6-21(19)23/h3-13,24H,14-15H2,1-2H3. The van der Waals surface area contributed by atoms with E-state index in [9.17, 15) is 4.39 Å². The van der Waals surface area contributed by atoms with Crippen molar-refractivity contribution < 1.29 is 9.13 Å². The minimum Gasteiger partial charge on any atom is -0.489 e. The summed E-state index contributed by atoms with van der Waals surface area (Å²) in [5.41, 5.74) is 5.35. The number of nitrogens with one attached hydrogen (secondary N) is 1. The maximum atomic E-state index is 13.6. The van der Waals surface area contributed by atoms with Gasteiger partial charge in [-0.05, 0) is 54.8 Å². The molecule has 3 heteroatoms. The molecule has 3 aromatic carbocycles. The lowest BCUT2D eigenvalue weighted by Gasteiger charge is -2.11. The molecule has 0 aromatic heterocycles. The van der Waals surface area contributed by atoms with E-state index in [1.165, 1.54) is 22.8 Å². The molecule has 1 N–H and O–H groups in total. The first kappa shape index (κ1) is 17.0. The summed E-state index contributed by atoms with van der Waals surface area (Å²) in [5, 5.41) is 3.46. The normalized spacial score (nSPS) is 10.5. The third kappa shape index (κ3) is 4.60. The molecule has 25 heavy (non-hydrogen) atoms. The fourth-order valence-corrected chi connectivity index (χ4v) is 2.60. The summed E-state index contributed by atoms with van der Waals surface area (Å²) in [6, 6.07) is 20.9. The van der Waals surface area contributed by atoms with E-state index in [1.54, 1.807) is 12.1 Å². The minimum absolute atomic E-state index is 0.229. The Morgan fingerprint density at radius 2 is 1.68 bits per heavy atom. The van der Waals surface area contributed by atoms with Crippen LogP contribution in [-0.4, -0.2) is 0 Å². The molecule has 0 saturated carbocycles. The SMILES string of the molecule is Cc1ccc(C)c(NCc2ccc(OCc3ccccc3F)cc2)c1. The quantitative estimate of drug-likeness (QED) is 0.630. The molecular formula is C22H22FNO. The first-order chi connectivity index (χ1) is 12.1. The smallest absolute Gasteiger partial charge is 0.129 e. The van der Waals surface area contributed by atoms with E-state index in [4.69, 9.17) is 4.74 Å². The monoisotopic (exact) mass is 335 g/mol. The fraction of sp³-hybridized carbons (Fsp3) is 0.182. The van der Waals surface area contributed by atoms with Gasteiger partial charge in [-0.25, -0.2) is 4.39 Å². The van der Waals surface area contributed by atoms with Gasteiger partial charge in [-0.2, -0.15) is 0 Å². The summed E-state index contributed by atoms with van der Waals surface area (Å²) >= 11 is 0. The maximum absolute atomic E-state index is 13.6. The Hall–Kier alpha value is -2.81. The molecule has 0 aliphatic heterocycles. The molecule has 3 aromatic rings. The Labute approximate surface area is 148 Å². The Kier molecular flexibility index (Phi) is 5.34. The summed E-state index contributed by atoms with van der Waals surface area (Å²) in [4.78, 5) is 0. The molecule has 0 radical (unpaired) electrons. The van der Waals surface area contributed by atoms with Crippen molar-refractivity contribution in [3.05, 3.63) is 94.8 Å². The largest absolute Gasteiger partial charge is 0.489 e. The van der Waals surface area contributed by atoms with Crippen LogP contribution in [0.25, 0.3) is 0 Å². The zero-order valence-electron chi connectivity index (χ0n) is 14.6. The van der Waals surface area contributed by atoms with Crippen molar-refractivity contribution in [3.63, 3.8) is 0 Å². The van der Waals surface area contributed by atoms with E-state index >= 15 is 0 Å². The molecule has 0 fully saturated rings. The van der Waals surface area contributed by atoms with Crippen molar-refractivity contribution in [2.75, 3.05) is 5.32 Å². The van der Waals surface area contributed by atoms with Gasteiger partial charge in [-0.1, -0.05) is 42.5 Å². The van der Waals surface area contributed by atoms with Gasteiger partial charge in [0.05, 0.1) is 0 Å². The van der Waals surface area contributed by atoms with Crippen LogP contribution in [0, 0.1) is 19.7 Å². The predicted octanol–water partition coefficient (Wildman–Crippen LogP) is 5.63. The molecule has 0 bridgehead atoms. The Morgan fingerprint density at radius 3 is 2.44 bits per heavy atom. The van der Waals surface area contributed by atoms with Crippen LogP contribution in [0.15, 0.2) is 66.7 Å². The van der Waals surface area contributed by atoms with Crippen molar-refractivity contribution in [1.29, 1.82) is 0 Å². The van der Waals surface area contributed by atoms with Gasteiger partial charge in [0, 0.05) is 17.8 Å². The van der Waals surface area contributed by atoms with Crippen LogP contribution in [0.5, 0.6) is 5.75 Å². The number of anilines is 1. The molecule has 0 atom stereocenters. The van der Waals surface area contributed by atoms with Crippen LogP contribution in [0.3, 0.4) is 0 Å². The summed E-state index contributed by atoms with van der Waals surface area (Å²) < 4.78 is 19.3. The maximum Gasteiger partial charge on any atom is 0.129 e. The molecule has 0 saturated heterocycles. The molecule has 0 aliphatic carbocycles. The average molecular weight is 335 g/mol. The summed E-state index contributed by atoms with van der Waals surface area (Å²) in [6.45, 7) is 5.17. The van der Waals surface area contributed by atoms with Crippen molar-refractivity contribution >= 4 is 5.69 Å². The van der Waals surface area contributed by atoms with Gasteiger partial charge >= 0.3 is 0 Å². The second-order valence-electron chi connectivity index (χ2n) is 6.20. The Balaban J connectivity index is 1.57. The third-order valence-corrected chi connectivity index (χ3v) is 4.15. The van der Waals surface area contributed by atoms with Crippen molar-refractivity contribution in [2.24, 2.45) is 0 Å². The summed E-state index contributed by atoms with van der Waals surface area (Å²) in [6.07, 6.45) is 0. The lowest BCUT2D eigenvalue weighted by molar-refractivity contribution is 0.300. The summed E-state index contributed by atoms with van der Waals surface area (Å²) in [5.74, 6) is 0.496. The molecule has 3 rings (SSSR count). The first-order valence-corrected chi connectivity index (χ1v) is 8.38. The highest BCUT2D eigenvalue weighted by molar-refractivity contribution is 5.52. The molecular weight excluding hydrogens is 313 g/mol. The van der Waals surface area contributed by atoms with Gasteiger partial charge in [0.1, 0.15) is 18.2 Å². The number of benzene rings is 3. The minimum atomic E-state index is -0.239. The highest BCUT2D eigenvalue weighted by atomic mass is 19.1. The van der Waals surface area contributed by atoms with Gasteiger partial charge in [-0.3, -0.25) is 0 Å². The number of halogens is 1. The molecule has 128 valence electrons. The third-order valence-electron chi connectivity index (χ3n) is 4.15. The summed E-state index contributed by atoms with van der Waals surface area (Å²) in [7, 11) is 0. The van der Waals surface area contributed by atoms with E-state index in [0.29, 0.717) is 5.56 Å². The van der Waals surface area contributed by atoms with Gasteiger partial charge < -0.3 is 10.1 Å². The fourth-order valence-electron chi connectivity index (χ4n) is 2.60. The van der Waals surface area contributed by atoms with Crippen molar-refractivity contribution in [2.45, 2.75) is 27.0 Å². The van der Waals surface area contributed by atoms with Gasteiger partial charge in [-0.15, -0.1) is 0 Å². The predicted molar refractivity (Wildman–Crippen MR) is 100 cm³/mol. The lowest BCUT2D eigenvalue weighted by atomic mass is 10.1. The number of hydrogen-bond acceptors (Lipinski definition) is 2. The Morgan fingerprint density at radius 1 is 0.920 bits per heavy atom. The molecule has 0 aliphatic rings. The van der Waals surface area contributed by atoms with Crippen LogP contribution >= 0.6 is 0 Å². The zero-order chi connectivity index (χ0) is 17.6. The number of hydrogen-bond donors (Lipinski definition) is 1. The second kappa shape index (κ2) is 7.84. The number of rotatable bonds is 6. The van der Waals surface area contributed by atoms with E-state index in [-0.39, 0.29) is 12.4 Å². The van der Waals surface area contributed by atoms with E-state index in [1.807, 2.05) is 30.3 Å². The van der Waals surface area contributed by atoms with Crippen LogP contribution < -0.4 is 10.1 Å². The van der Waals surface area contributed by atoms with E-state index in [2.05, 4.69) is 37.4 Å². The van der Waals surface area contributed by atoms with Crippen LogP contribution in [-0.2, 0) is 13.2 Å². The molecule has 0 spiro atoms. The second-order valence-corrected chi connectivity index (χ2v) is 6.20. The average Bonchev–Trinajstić information content (AvgIpc) is 2.63. The lowest BCUT2D eigenvalue weighted by Crippen LogP contribution is -2.02. The number of ether oxygens (including phenoxy) is 1. The van der Waals surface area contributed by atoms with Crippen LogP contribution in [0.4, 0.5) is 10.1 Å². The van der Waals surface area contributed by atoms with Crippen molar-refractivity contribution in [1.82, 2.24) is 0 Å². The van der Waals surface area contributed by atoms with Gasteiger partial charge in [0.15, 0.2) is 0 Å². The highest BCUT2D eigenvalue weighted by Crippen LogP contribution is 2.19. The van der Waals surface area contributed by atoms with Crippen molar-refractivity contribution in [3.8, 4) is 5.75 Å². The topological polar surface area (TPSA) is 21.3 Å². The highest BCUT2D eigenvalue weighted by Gasteiger charge is 2.03. The molecule has 0 unspecified atom stereocenters.